The number of hydrogen-bond donors (Lipinski definition) is 7. The number of allylic oxidation sites excluding steroid dienone is 2. The van der Waals surface area contributed by atoms with Gasteiger partial charge in [-0.05, 0) is 258 Å². The van der Waals surface area contributed by atoms with Crippen molar-refractivity contribution in [2.75, 3.05) is 13.7 Å². The molecule has 20 aliphatic rings. The van der Waals surface area contributed by atoms with Crippen LogP contribution in [0.4, 0.5) is 0 Å². The quantitative estimate of drug-likeness (QED) is 0.0558. The van der Waals surface area contributed by atoms with Gasteiger partial charge in [0, 0.05) is 81.3 Å². The van der Waals surface area contributed by atoms with Gasteiger partial charge in [0.25, 0.3) is 0 Å². The molecule has 0 radical (unpaired) electrons. The lowest BCUT2D eigenvalue weighted by molar-refractivity contribution is -0.451. The number of carbonyl (C=O) groups is 2. The smallest absolute Gasteiger partial charge is 0.331 e. The van der Waals surface area contributed by atoms with E-state index in [4.69, 9.17) is 9.47 Å². The van der Waals surface area contributed by atoms with Crippen LogP contribution in [0.3, 0.4) is 0 Å². The molecule has 11 nitrogen and oxygen atoms in total. The molecule has 21 bridgehead atoms. The van der Waals surface area contributed by atoms with E-state index in [0.29, 0.717) is 75.2 Å². The number of hydrogen-bond acceptors (Lipinski definition) is 11. The van der Waals surface area contributed by atoms with Crippen molar-refractivity contribution in [2.45, 2.75) is 226 Å². The maximum atomic E-state index is 17.1. The summed E-state index contributed by atoms with van der Waals surface area (Å²) in [6, 6.07) is 26.5. The molecule has 514 valence electrons. The van der Waals surface area contributed by atoms with Crippen LogP contribution in [0, 0.1) is 144 Å². The van der Waals surface area contributed by atoms with Gasteiger partial charge in [-0.3, -0.25) is 0 Å². The minimum absolute atomic E-state index is 0.00259. The van der Waals surface area contributed by atoms with Crippen LogP contribution < -0.4 is 5.32 Å². The van der Waals surface area contributed by atoms with Gasteiger partial charge in [0.1, 0.15) is 23.6 Å². The van der Waals surface area contributed by atoms with E-state index in [1.165, 1.54) is 23.0 Å². The third-order valence-electron chi connectivity index (χ3n) is 35.3. The van der Waals surface area contributed by atoms with E-state index in [1.807, 2.05) is 19.2 Å². The van der Waals surface area contributed by atoms with Crippen molar-refractivity contribution in [2.24, 2.45) is 121 Å². The SMILES string of the molecule is CN[C@@H]1Cc2c(cccc2CO)C#CC2(CCCC2)C[C@]23C[C@H]4C#CC[C@H]5[C@@H](c6ccccc6)CC[C@]67CC[C@@H]8[C@H](C[C@@H]56)[C@]75C[C@]6(C=O)[C@@H]4[C@@](O)([C@@H](O)[C@H]4C[C@H]7[C@H]9CC=C[C@@H]7C[C@]7(CC[C@]8(Cc8cccc(c8)C[C@H]8CC[C@@H]9C8)O[C@H]75)[C@@]46O)[C@@]2(O)C[C@H]2C[C@@H]1[C@H]1OC(=O)C=C1[C@@]23CO. The molecule has 7 N–H and O–H groups in total. The van der Waals surface area contributed by atoms with E-state index in [-0.39, 0.29) is 90.6 Å². The molecule has 0 unspecified atom stereocenters. The van der Waals surface area contributed by atoms with Crippen molar-refractivity contribution in [1.29, 1.82) is 0 Å². The molecule has 4 aliphatic heterocycles. The lowest BCUT2D eigenvalue weighted by Gasteiger charge is -2.84. The predicted molar refractivity (Wildman–Crippen MR) is 367 cm³/mol. The van der Waals surface area contributed by atoms with E-state index in [0.717, 1.165) is 107 Å². The molecule has 3 aromatic rings. The van der Waals surface area contributed by atoms with Gasteiger partial charge in [-0.1, -0.05) is 109 Å². The summed E-state index contributed by atoms with van der Waals surface area (Å²) in [6.07, 6.45) is 23.5. The van der Waals surface area contributed by atoms with E-state index in [2.05, 4.69) is 102 Å². The van der Waals surface area contributed by atoms with E-state index >= 15 is 25.2 Å². The van der Waals surface area contributed by atoms with Crippen LogP contribution >= 0.6 is 0 Å². The molecule has 11 saturated carbocycles. The first-order valence-electron chi connectivity index (χ1n) is 39.3. The highest BCUT2D eigenvalue weighted by molar-refractivity contribution is 5.87. The van der Waals surface area contributed by atoms with Crippen LogP contribution in [0.2, 0.25) is 0 Å². The molecule has 11 heteroatoms. The van der Waals surface area contributed by atoms with Crippen molar-refractivity contribution in [1.82, 2.24) is 5.32 Å². The number of esters is 1. The van der Waals surface area contributed by atoms with Crippen molar-refractivity contribution in [3.63, 3.8) is 0 Å². The highest BCUT2D eigenvalue weighted by Crippen LogP contribution is 2.91. The van der Waals surface area contributed by atoms with Gasteiger partial charge in [0.05, 0.1) is 42.0 Å². The maximum absolute atomic E-state index is 17.1. The Labute approximate surface area is 578 Å². The largest absolute Gasteiger partial charge is 0.454 e. The summed E-state index contributed by atoms with van der Waals surface area (Å²) in [5, 5.41) is 93.1. The molecular weight excluding hydrogens is 1220 g/mol. The third-order valence-corrected chi connectivity index (χ3v) is 35.3. The van der Waals surface area contributed by atoms with Gasteiger partial charge < -0.3 is 50.2 Å². The number of rotatable bonds is 5. The van der Waals surface area contributed by atoms with Gasteiger partial charge in [-0.25, -0.2) is 4.79 Å². The van der Waals surface area contributed by atoms with E-state index in [1.54, 1.807) is 6.08 Å². The van der Waals surface area contributed by atoms with Crippen molar-refractivity contribution in [3.8, 4) is 23.7 Å². The summed E-state index contributed by atoms with van der Waals surface area (Å²) in [4.78, 5) is 31.9. The molecule has 23 rings (SSSR count). The summed E-state index contributed by atoms with van der Waals surface area (Å²) in [5.74, 6) is 13.5. The summed E-state index contributed by atoms with van der Waals surface area (Å²) in [5.41, 5.74) is -7.35. The Morgan fingerprint density at radius 2 is 1.60 bits per heavy atom. The number of nitrogens with one attached hydrogen (secondary N) is 1. The number of benzene rings is 3. The van der Waals surface area contributed by atoms with Gasteiger partial charge in [0.15, 0.2) is 0 Å². The number of ether oxygens (including phenoxy) is 2. The van der Waals surface area contributed by atoms with Crippen molar-refractivity contribution < 1.29 is 49.7 Å². The first kappa shape index (κ1) is 61.7. The number of aliphatic hydroxyl groups is 6. The van der Waals surface area contributed by atoms with Crippen LogP contribution in [0.25, 0.3) is 0 Å². The third kappa shape index (κ3) is 6.99. The normalized spacial score (nSPS) is 52.6. The molecule has 3 aromatic carbocycles. The summed E-state index contributed by atoms with van der Waals surface area (Å²) >= 11 is 0. The monoisotopic (exact) mass is 1320 g/mol. The average molecular weight is 1320 g/mol. The van der Waals surface area contributed by atoms with Gasteiger partial charge in [0.2, 0.25) is 0 Å². The number of aliphatic hydroxyl groups excluding tert-OH is 3. The first-order chi connectivity index (χ1) is 47.5. The standard InChI is InChI=1S/C87H101NO10/c1-88-71-38-63-54(15-8-18-58(63)45-89)23-28-77(26-5-6-27-77)46-82-43-57-17-10-20-62-61(53-13-3-2-4-14-53)24-29-78-30-25-66-68(39-67(62)78)83(78)47-80(48-90)74(57)86(95,85(82,94)44-59-36-65(71)73-69(40-72(92)97-73)84(59,82)49-91)75(93)70-37-64-56-16-9-19-60(64)55-22-21-51(35-55)33-50-11-7-12-52(34-50)41-81(66)32-31-79(42-56,76(83)98-81)87(70,80)96/h2-4,7-9,11-16,18,34,40,48,51,55-57,59-62,64-68,70-71,73-76,88-89,91,93-96H,5-6,19-22,24-27,29-33,35-39,41-47,49H2,1H3/t51-,55-,56-,57-,59-,60+,61-,62+,64-,65+,66-,67+,68+,70-,71-,73-,74-,75+,76-,78+,79+,80+,81-,82+,83+,84-,85-,86-,87+/m1/s1. The highest BCUT2D eigenvalue weighted by atomic mass is 16.5. The molecule has 29 atom stereocenters. The number of likely N-dealkylation sites (N-methyl/N-ethyl adjacent to an activating group) is 1. The molecular formula is C87H101NO10. The molecule has 13 fully saturated rings. The number of fused-ring (bicyclic) bond motifs is 3. The van der Waals surface area contributed by atoms with E-state index in [9.17, 15) is 15.0 Å². The minimum atomic E-state index is -2.51. The van der Waals surface area contributed by atoms with Gasteiger partial charge in [-0.2, -0.15) is 0 Å². The van der Waals surface area contributed by atoms with Crippen LogP contribution in [0.15, 0.2) is 96.6 Å². The Balaban J connectivity index is 0.868. The fraction of sp³-hybridized carbons (Fsp3) is 0.678. The minimum Gasteiger partial charge on any atom is -0.454 e. The van der Waals surface area contributed by atoms with Gasteiger partial charge in [-0.15, -0.1) is 5.92 Å². The second-order valence-corrected chi connectivity index (χ2v) is 37.2. The van der Waals surface area contributed by atoms with Crippen LogP contribution in [-0.4, -0.2) is 103 Å². The van der Waals surface area contributed by atoms with Crippen molar-refractivity contribution >= 4 is 12.3 Å². The Morgan fingerprint density at radius 3 is 2.43 bits per heavy atom. The molecule has 2 saturated heterocycles. The summed E-state index contributed by atoms with van der Waals surface area (Å²) < 4.78 is 15.5. The fourth-order valence-corrected chi connectivity index (χ4v) is 32.6. The molecule has 0 aromatic heterocycles. The molecule has 98 heavy (non-hydrogen) atoms. The second kappa shape index (κ2) is 20.5. The average Bonchev–Trinajstić information content (AvgIpc) is 1.24. The second-order valence-electron chi connectivity index (χ2n) is 37.2. The first-order valence-corrected chi connectivity index (χ1v) is 39.3. The Morgan fingerprint density at radius 1 is 0.765 bits per heavy atom. The van der Waals surface area contributed by atoms with Crippen LogP contribution in [0.5, 0.6) is 0 Å². The summed E-state index contributed by atoms with van der Waals surface area (Å²) in [7, 11) is 1.94. The predicted octanol–water partition coefficient (Wildman–Crippen LogP) is 11.2. The molecule has 16 aliphatic carbocycles. The molecule has 0 amide bonds. The van der Waals surface area contributed by atoms with Gasteiger partial charge >= 0.3 is 5.97 Å². The number of carbonyl (C=O) groups excluding carboxylic acids is 2. The van der Waals surface area contributed by atoms with Crippen LogP contribution in [0.1, 0.15) is 187 Å². The fourth-order valence-electron chi connectivity index (χ4n) is 32.6. The molecule has 4 heterocycles. The zero-order chi connectivity index (χ0) is 66.2. The topological polar surface area (TPSA) is 186 Å². The zero-order valence-corrected chi connectivity index (χ0v) is 57.3. The Hall–Kier alpha value is -4.92. The maximum Gasteiger partial charge on any atom is 0.331 e. The number of aldehydes is 1. The zero-order valence-electron chi connectivity index (χ0n) is 57.3. The lowest BCUT2D eigenvalue weighted by atomic mass is 9.24. The van der Waals surface area contributed by atoms with E-state index < -0.39 is 109 Å². The Bertz CT molecular complexity index is 4100. The van der Waals surface area contributed by atoms with Crippen molar-refractivity contribution in [3.05, 3.63) is 130 Å². The highest BCUT2D eigenvalue weighted by Gasteiger charge is 2.96. The summed E-state index contributed by atoms with van der Waals surface area (Å²) in [6.45, 7) is -0.624. The lowest BCUT2D eigenvalue weighted by Crippen LogP contribution is -2.92. The molecule has 6 spiro atoms. The van der Waals surface area contributed by atoms with Crippen LogP contribution in [-0.2, 0) is 44.9 Å². The Kier molecular flexibility index (Phi) is 12.9.